The van der Waals surface area contributed by atoms with E-state index in [4.69, 9.17) is 23.2 Å². The minimum atomic E-state index is 0.508. The first-order valence-corrected chi connectivity index (χ1v) is 4.56. The van der Waals surface area contributed by atoms with Crippen LogP contribution in [0.5, 0.6) is 0 Å². The first kappa shape index (κ1) is 8.18. The molecule has 0 spiro atoms. The molecule has 1 nitrogen and oxygen atoms in total. The van der Waals surface area contributed by atoms with E-state index in [2.05, 4.69) is 4.98 Å². The molecule has 0 bridgehead atoms. The molecule has 1 aromatic rings. The second-order valence-electron chi connectivity index (χ2n) is 1.64. The zero-order valence-corrected chi connectivity index (χ0v) is 7.59. The number of pyridine rings is 1. The van der Waals surface area contributed by atoms with Gasteiger partial charge in [-0.1, -0.05) is 23.2 Å². The predicted octanol–water partition coefficient (Wildman–Crippen LogP) is 3.11. The highest BCUT2D eigenvalue weighted by Gasteiger charge is 2.01. The molecule has 1 heterocycles. The Morgan fingerprint density at radius 1 is 1.40 bits per heavy atom. The molecule has 0 aliphatic carbocycles. The van der Waals surface area contributed by atoms with E-state index >= 15 is 0 Å². The number of hydrogen-bond donors (Lipinski definition) is 0. The molecule has 0 aliphatic heterocycles. The molecule has 0 saturated carbocycles. The highest BCUT2D eigenvalue weighted by atomic mass is 35.5. The molecular formula is C6H5Cl2NS. The van der Waals surface area contributed by atoms with Gasteiger partial charge in [-0.3, -0.25) is 4.98 Å². The maximum Gasteiger partial charge on any atom is 0.0786 e. The lowest BCUT2D eigenvalue weighted by Crippen LogP contribution is -1.77. The van der Waals surface area contributed by atoms with E-state index in [-0.39, 0.29) is 0 Å². The lowest BCUT2D eigenvalue weighted by Gasteiger charge is -1.98. The third kappa shape index (κ3) is 1.57. The molecule has 0 saturated heterocycles. The molecule has 0 unspecified atom stereocenters. The van der Waals surface area contributed by atoms with E-state index in [0.29, 0.717) is 10.0 Å². The van der Waals surface area contributed by atoms with Crippen molar-refractivity contribution in [1.82, 2.24) is 4.98 Å². The molecular weight excluding hydrogens is 189 g/mol. The molecule has 0 amide bonds. The van der Waals surface area contributed by atoms with Crippen LogP contribution in [0.15, 0.2) is 17.3 Å². The molecule has 1 rings (SSSR count). The Morgan fingerprint density at radius 2 is 2.10 bits per heavy atom. The summed E-state index contributed by atoms with van der Waals surface area (Å²) in [6.07, 6.45) is 5.15. The van der Waals surface area contributed by atoms with Crippen LogP contribution in [0.3, 0.4) is 0 Å². The Hall–Kier alpha value is 0.0800. The minimum Gasteiger partial charge on any atom is -0.262 e. The fraction of sp³-hybridized carbons (Fsp3) is 0.167. The summed E-state index contributed by atoms with van der Waals surface area (Å²) >= 11 is 13.0. The van der Waals surface area contributed by atoms with Crippen LogP contribution >= 0.6 is 35.0 Å². The van der Waals surface area contributed by atoms with Crippen molar-refractivity contribution < 1.29 is 0 Å². The third-order valence-corrected chi connectivity index (χ3v) is 2.68. The van der Waals surface area contributed by atoms with Gasteiger partial charge in [-0.05, 0) is 6.26 Å². The maximum absolute atomic E-state index is 5.80. The predicted molar refractivity (Wildman–Crippen MR) is 46.0 cm³/mol. The van der Waals surface area contributed by atoms with Crippen molar-refractivity contribution in [2.24, 2.45) is 0 Å². The summed E-state index contributed by atoms with van der Waals surface area (Å²) in [6, 6.07) is 0. The van der Waals surface area contributed by atoms with E-state index in [0.717, 1.165) is 4.90 Å². The van der Waals surface area contributed by atoms with Crippen LogP contribution < -0.4 is 0 Å². The average Bonchev–Trinajstić information content (AvgIpc) is 1.95. The van der Waals surface area contributed by atoms with Crippen LogP contribution in [0.25, 0.3) is 0 Å². The van der Waals surface area contributed by atoms with Crippen LogP contribution in [-0.2, 0) is 0 Å². The van der Waals surface area contributed by atoms with E-state index < -0.39 is 0 Å². The summed E-state index contributed by atoms with van der Waals surface area (Å²) in [5.74, 6) is 0. The highest BCUT2D eigenvalue weighted by molar-refractivity contribution is 7.98. The van der Waals surface area contributed by atoms with Gasteiger partial charge in [0.25, 0.3) is 0 Å². The number of halogens is 2. The fourth-order valence-electron chi connectivity index (χ4n) is 0.544. The van der Waals surface area contributed by atoms with E-state index in [1.54, 1.807) is 6.20 Å². The van der Waals surface area contributed by atoms with Crippen molar-refractivity contribution in [2.75, 3.05) is 6.26 Å². The quantitative estimate of drug-likeness (QED) is 0.637. The van der Waals surface area contributed by atoms with Crippen molar-refractivity contribution in [3.8, 4) is 0 Å². The van der Waals surface area contributed by atoms with Gasteiger partial charge in [-0.15, -0.1) is 11.8 Å². The monoisotopic (exact) mass is 193 g/mol. The van der Waals surface area contributed by atoms with Gasteiger partial charge in [0.2, 0.25) is 0 Å². The lowest BCUT2D eigenvalue weighted by atomic mass is 10.5. The van der Waals surface area contributed by atoms with E-state index in [1.807, 2.05) is 6.26 Å². The van der Waals surface area contributed by atoms with Crippen LogP contribution in [0, 0.1) is 0 Å². The Kier molecular flexibility index (Phi) is 2.83. The van der Waals surface area contributed by atoms with Crippen molar-refractivity contribution >= 4 is 35.0 Å². The van der Waals surface area contributed by atoms with Gasteiger partial charge >= 0.3 is 0 Å². The summed E-state index contributed by atoms with van der Waals surface area (Å²) in [6.45, 7) is 0. The van der Waals surface area contributed by atoms with Crippen molar-refractivity contribution in [1.29, 1.82) is 0 Å². The summed E-state index contributed by atoms with van der Waals surface area (Å²) in [5, 5.41) is 1.10. The standard InChI is InChI=1S/C6H5Cl2NS/c1-10-5-3-9-2-4(7)6(5)8/h2-3H,1H3. The topological polar surface area (TPSA) is 12.9 Å². The van der Waals surface area contributed by atoms with Crippen LogP contribution in [-0.4, -0.2) is 11.2 Å². The minimum absolute atomic E-state index is 0.508. The zero-order chi connectivity index (χ0) is 7.56. The van der Waals surface area contributed by atoms with Crippen LogP contribution in [0.1, 0.15) is 0 Å². The smallest absolute Gasteiger partial charge is 0.0786 e. The molecule has 0 N–H and O–H groups in total. The van der Waals surface area contributed by atoms with Crippen LogP contribution in [0.4, 0.5) is 0 Å². The first-order chi connectivity index (χ1) is 4.75. The molecule has 1 aromatic heterocycles. The highest BCUT2D eigenvalue weighted by Crippen LogP contribution is 2.29. The molecule has 0 aliphatic rings. The Labute approximate surface area is 73.7 Å². The van der Waals surface area contributed by atoms with Gasteiger partial charge in [-0.25, -0.2) is 0 Å². The molecule has 54 valence electrons. The number of nitrogens with zero attached hydrogens (tertiary/aromatic N) is 1. The largest absolute Gasteiger partial charge is 0.262 e. The van der Waals surface area contributed by atoms with Gasteiger partial charge in [0, 0.05) is 17.3 Å². The summed E-state index contributed by atoms with van der Waals surface area (Å²) in [5.41, 5.74) is 0. The van der Waals surface area contributed by atoms with Gasteiger partial charge < -0.3 is 0 Å². The van der Waals surface area contributed by atoms with Gasteiger partial charge in [0.1, 0.15) is 0 Å². The number of rotatable bonds is 1. The molecule has 0 radical (unpaired) electrons. The Morgan fingerprint density at radius 3 is 2.60 bits per heavy atom. The molecule has 0 atom stereocenters. The summed E-state index contributed by atoms with van der Waals surface area (Å²) < 4.78 is 0. The van der Waals surface area contributed by atoms with Crippen LogP contribution in [0.2, 0.25) is 10.0 Å². The van der Waals surface area contributed by atoms with E-state index in [1.165, 1.54) is 18.0 Å². The Balaban J connectivity index is 3.14. The summed E-state index contributed by atoms with van der Waals surface area (Å²) in [7, 11) is 0. The molecule has 10 heavy (non-hydrogen) atoms. The zero-order valence-electron chi connectivity index (χ0n) is 5.27. The SMILES string of the molecule is CSc1cncc(Cl)c1Cl. The number of aromatic nitrogens is 1. The number of hydrogen-bond acceptors (Lipinski definition) is 2. The molecule has 4 heteroatoms. The molecule has 0 aromatic carbocycles. The van der Waals surface area contributed by atoms with Gasteiger partial charge in [0.15, 0.2) is 0 Å². The van der Waals surface area contributed by atoms with Crippen molar-refractivity contribution in [3.63, 3.8) is 0 Å². The van der Waals surface area contributed by atoms with E-state index in [9.17, 15) is 0 Å². The second kappa shape index (κ2) is 3.46. The van der Waals surface area contributed by atoms with Gasteiger partial charge in [0.05, 0.1) is 10.0 Å². The maximum atomic E-state index is 5.80. The van der Waals surface area contributed by atoms with Crippen molar-refractivity contribution in [2.45, 2.75) is 4.90 Å². The molecule has 0 fully saturated rings. The third-order valence-electron chi connectivity index (χ3n) is 1.03. The number of thioether (sulfide) groups is 1. The summed E-state index contributed by atoms with van der Waals surface area (Å²) in [4.78, 5) is 4.79. The van der Waals surface area contributed by atoms with Crippen molar-refractivity contribution in [3.05, 3.63) is 22.4 Å². The Bertz CT molecular complexity index is 239. The van der Waals surface area contributed by atoms with Gasteiger partial charge in [-0.2, -0.15) is 0 Å². The lowest BCUT2D eigenvalue weighted by molar-refractivity contribution is 1.24. The normalized spacial score (nSPS) is 9.90. The first-order valence-electron chi connectivity index (χ1n) is 2.58. The average molecular weight is 194 g/mol. The fourth-order valence-corrected chi connectivity index (χ4v) is 1.54. The second-order valence-corrected chi connectivity index (χ2v) is 3.27.